The number of ether oxygens (including phenoxy) is 1. The largest absolute Gasteiger partial charge is 0.497 e. The predicted octanol–water partition coefficient (Wildman–Crippen LogP) is 4.58. The Balaban J connectivity index is 1.55. The van der Waals surface area contributed by atoms with Gasteiger partial charge in [0.25, 0.3) is 0 Å². The fourth-order valence-corrected chi connectivity index (χ4v) is 4.00. The maximum atomic E-state index is 13.0. The van der Waals surface area contributed by atoms with Crippen LogP contribution in [0.4, 0.5) is 5.69 Å². The summed E-state index contributed by atoms with van der Waals surface area (Å²) in [6.07, 6.45) is 5.57. The molecule has 4 rings (SSSR count). The van der Waals surface area contributed by atoms with E-state index in [9.17, 15) is 9.59 Å². The van der Waals surface area contributed by atoms with E-state index in [0.717, 1.165) is 48.4 Å². The second kappa shape index (κ2) is 7.98. The maximum Gasteiger partial charge on any atom is 0.227 e. The van der Waals surface area contributed by atoms with Gasteiger partial charge in [0.1, 0.15) is 5.75 Å². The molecule has 156 valence electrons. The lowest BCUT2D eigenvalue weighted by Gasteiger charge is -2.35. The Morgan fingerprint density at radius 2 is 1.87 bits per heavy atom. The van der Waals surface area contributed by atoms with Crippen molar-refractivity contribution in [3.05, 3.63) is 65.2 Å². The van der Waals surface area contributed by atoms with Crippen LogP contribution in [-0.2, 0) is 11.2 Å². The van der Waals surface area contributed by atoms with Gasteiger partial charge in [0.2, 0.25) is 5.91 Å². The van der Waals surface area contributed by atoms with E-state index in [1.807, 2.05) is 12.1 Å². The van der Waals surface area contributed by atoms with E-state index < -0.39 is 0 Å². The minimum atomic E-state index is -0.149. The monoisotopic (exact) mass is 404 g/mol. The Bertz CT molecular complexity index is 1000. The van der Waals surface area contributed by atoms with Crippen LogP contribution in [0.1, 0.15) is 54.6 Å². The third kappa shape index (κ3) is 4.25. The molecule has 0 unspecified atom stereocenters. The number of allylic oxidation sites excluding steroid dienone is 1. The molecule has 5 nitrogen and oxygen atoms in total. The fourth-order valence-electron chi connectivity index (χ4n) is 4.00. The Morgan fingerprint density at radius 3 is 2.50 bits per heavy atom. The van der Waals surface area contributed by atoms with E-state index in [1.54, 1.807) is 37.5 Å². The zero-order valence-electron chi connectivity index (χ0n) is 17.7. The summed E-state index contributed by atoms with van der Waals surface area (Å²) >= 11 is 0. The number of rotatable bonds is 5. The molecule has 2 aromatic carbocycles. The van der Waals surface area contributed by atoms with E-state index in [-0.39, 0.29) is 23.1 Å². The van der Waals surface area contributed by atoms with Gasteiger partial charge in [-0.05, 0) is 75.1 Å². The fraction of sp³-hybridized carbons (Fsp3) is 0.360. The number of carbonyl (C=O) groups excluding carboxylic acids is 2. The van der Waals surface area contributed by atoms with Crippen molar-refractivity contribution in [3.8, 4) is 5.75 Å². The maximum absolute atomic E-state index is 13.0. The molecule has 1 heterocycles. The Morgan fingerprint density at radius 1 is 1.13 bits per heavy atom. The van der Waals surface area contributed by atoms with Crippen LogP contribution in [0.3, 0.4) is 0 Å². The number of hydrogen-bond acceptors (Lipinski definition) is 4. The van der Waals surface area contributed by atoms with Crippen LogP contribution in [0.2, 0.25) is 0 Å². The molecular formula is C25H28N2O3. The molecule has 0 atom stereocenters. The summed E-state index contributed by atoms with van der Waals surface area (Å²) in [6, 6.07) is 13.1. The highest BCUT2D eigenvalue weighted by Crippen LogP contribution is 2.32. The van der Waals surface area contributed by atoms with Gasteiger partial charge >= 0.3 is 0 Å². The first kappa shape index (κ1) is 20.2. The summed E-state index contributed by atoms with van der Waals surface area (Å²) in [5, 5.41) is 6.43. The Labute approximate surface area is 177 Å². The van der Waals surface area contributed by atoms with Gasteiger partial charge in [0.05, 0.1) is 7.11 Å². The molecule has 1 saturated carbocycles. The summed E-state index contributed by atoms with van der Waals surface area (Å²) in [4.78, 5) is 25.1. The van der Waals surface area contributed by atoms with Crippen molar-refractivity contribution in [2.45, 2.75) is 45.1 Å². The number of amides is 1. The van der Waals surface area contributed by atoms with Gasteiger partial charge in [-0.1, -0.05) is 12.5 Å². The number of carbonyl (C=O) groups is 2. The highest BCUT2D eigenvalue weighted by molar-refractivity contribution is 6.09. The predicted molar refractivity (Wildman–Crippen MR) is 119 cm³/mol. The highest BCUT2D eigenvalue weighted by Gasteiger charge is 2.28. The molecule has 1 amide bonds. The van der Waals surface area contributed by atoms with E-state index >= 15 is 0 Å². The lowest BCUT2D eigenvalue weighted by molar-refractivity contribution is -0.122. The molecule has 1 aliphatic heterocycles. The first-order chi connectivity index (χ1) is 14.3. The van der Waals surface area contributed by atoms with Crippen molar-refractivity contribution in [1.82, 2.24) is 5.32 Å². The normalized spacial score (nSPS) is 18.7. The summed E-state index contributed by atoms with van der Waals surface area (Å²) in [5.74, 6) is 0.886. The van der Waals surface area contributed by atoms with Crippen LogP contribution in [0, 0.1) is 5.92 Å². The van der Waals surface area contributed by atoms with Gasteiger partial charge in [-0.2, -0.15) is 0 Å². The molecule has 0 saturated heterocycles. The van der Waals surface area contributed by atoms with Crippen molar-refractivity contribution in [1.29, 1.82) is 0 Å². The van der Waals surface area contributed by atoms with Crippen molar-refractivity contribution in [3.63, 3.8) is 0 Å². The Hall–Kier alpha value is -3.08. The summed E-state index contributed by atoms with van der Waals surface area (Å²) in [7, 11) is 1.64. The van der Waals surface area contributed by atoms with Crippen LogP contribution >= 0.6 is 0 Å². The van der Waals surface area contributed by atoms with Gasteiger partial charge in [0, 0.05) is 40.0 Å². The number of fused-ring (bicyclic) bond motifs is 1. The summed E-state index contributed by atoms with van der Waals surface area (Å²) in [5.41, 5.74) is 4.14. The second-order valence-corrected chi connectivity index (χ2v) is 8.83. The van der Waals surface area contributed by atoms with Crippen LogP contribution in [0.15, 0.2) is 48.5 Å². The molecule has 0 aromatic heterocycles. The number of benzene rings is 2. The van der Waals surface area contributed by atoms with Gasteiger partial charge in [0.15, 0.2) is 5.78 Å². The smallest absolute Gasteiger partial charge is 0.227 e. The van der Waals surface area contributed by atoms with Crippen LogP contribution < -0.4 is 15.4 Å². The molecule has 2 aliphatic rings. The van der Waals surface area contributed by atoms with E-state index in [2.05, 4.69) is 30.5 Å². The summed E-state index contributed by atoms with van der Waals surface area (Å²) < 4.78 is 5.37. The summed E-state index contributed by atoms with van der Waals surface area (Å²) in [6.45, 7) is 4.25. The minimum Gasteiger partial charge on any atom is -0.497 e. The average Bonchev–Trinajstić information content (AvgIpc) is 2.66. The minimum absolute atomic E-state index is 0.0710. The highest BCUT2D eigenvalue weighted by atomic mass is 16.5. The second-order valence-electron chi connectivity index (χ2n) is 8.83. The first-order valence-corrected chi connectivity index (χ1v) is 10.5. The van der Waals surface area contributed by atoms with Crippen molar-refractivity contribution >= 4 is 23.1 Å². The molecule has 30 heavy (non-hydrogen) atoms. The average molecular weight is 405 g/mol. The Kier molecular flexibility index (Phi) is 5.37. The molecule has 5 heteroatoms. The standard InChI is InChI=1S/C25H28N2O3/c1-25(2)15-18-9-12-20(30-3)13-21(18)22(27-25)14-23(28)16-7-10-19(11-8-16)26-24(29)17-5-4-6-17/h7-14,17,27H,4-6,15H2,1-3H3,(H,26,29). The van der Waals surface area contributed by atoms with Gasteiger partial charge in [-0.3, -0.25) is 9.59 Å². The zero-order chi connectivity index (χ0) is 21.3. The van der Waals surface area contributed by atoms with Gasteiger partial charge < -0.3 is 15.4 Å². The third-order valence-corrected chi connectivity index (χ3v) is 5.90. The third-order valence-electron chi connectivity index (χ3n) is 5.90. The molecular weight excluding hydrogens is 376 g/mol. The van der Waals surface area contributed by atoms with Crippen LogP contribution in [0.25, 0.3) is 5.70 Å². The van der Waals surface area contributed by atoms with Gasteiger partial charge in [-0.15, -0.1) is 0 Å². The van der Waals surface area contributed by atoms with E-state index in [0.29, 0.717) is 5.56 Å². The molecule has 1 aliphatic carbocycles. The zero-order valence-corrected chi connectivity index (χ0v) is 17.7. The quantitative estimate of drug-likeness (QED) is 0.565. The number of methoxy groups -OCH3 is 1. The molecule has 2 aromatic rings. The van der Waals surface area contributed by atoms with E-state index in [1.165, 1.54) is 5.56 Å². The molecule has 0 spiro atoms. The molecule has 2 N–H and O–H groups in total. The number of ketones is 1. The van der Waals surface area contributed by atoms with Crippen molar-refractivity contribution < 1.29 is 14.3 Å². The lowest BCUT2D eigenvalue weighted by Crippen LogP contribution is -2.43. The molecule has 0 bridgehead atoms. The lowest BCUT2D eigenvalue weighted by atomic mass is 9.85. The van der Waals surface area contributed by atoms with Crippen LogP contribution in [0.5, 0.6) is 5.75 Å². The van der Waals surface area contributed by atoms with Crippen LogP contribution in [-0.4, -0.2) is 24.3 Å². The van der Waals surface area contributed by atoms with Gasteiger partial charge in [-0.25, -0.2) is 0 Å². The van der Waals surface area contributed by atoms with Crippen molar-refractivity contribution in [2.24, 2.45) is 5.92 Å². The topological polar surface area (TPSA) is 67.4 Å². The number of anilines is 1. The molecule has 1 fully saturated rings. The SMILES string of the molecule is COc1ccc2c(c1)C(=CC(=O)c1ccc(NC(=O)C3CCC3)cc1)NC(C)(C)C2. The number of hydrogen-bond donors (Lipinski definition) is 2. The number of nitrogens with one attached hydrogen (secondary N) is 2. The first-order valence-electron chi connectivity index (χ1n) is 10.5. The molecule has 0 radical (unpaired) electrons. The van der Waals surface area contributed by atoms with Crippen molar-refractivity contribution in [2.75, 3.05) is 12.4 Å². The van der Waals surface area contributed by atoms with E-state index in [4.69, 9.17) is 4.74 Å².